The van der Waals surface area contributed by atoms with E-state index in [0.29, 0.717) is 29.8 Å². The number of rotatable bonds is 5. The molecule has 110 valence electrons. The molecule has 5 nitrogen and oxygen atoms in total. The summed E-state index contributed by atoms with van der Waals surface area (Å²) in [5.41, 5.74) is 5.89. The molecule has 2 rings (SSSR count). The molecular weight excluding hydrogens is 278 g/mol. The molecule has 3 N–H and O–H groups in total. The van der Waals surface area contributed by atoms with Crippen LogP contribution in [0.2, 0.25) is 5.02 Å². The van der Waals surface area contributed by atoms with Gasteiger partial charge < -0.3 is 15.8 Å². The Hall–Kier alpha value is -1.33. The quantitative estimate of drug-likeness (QED) is 0.818. The fourth-order valence-corrected chi connectivity index (χ4v) is 2.54. The van der Waals surface area contributed by atoms with Crippen LogP contribution in [0.3, 0.4) is 0 Å². The maximum absolute atomic E-state index is 11.9. The van der Waals surface area contributed by atoms with Gasteiger partial charge in [-0.3, -0.25) is 4.79 Å². The van der Waals surface area contributed by atoms with Gasteiger partial charge in [-0.25, -0.2) is 4.98 Å². The van der Waals surface area contributed by atoms with Gasteiger partial charge in [0, 0.05) is 12.7 Å². The zero-order valence-corrected chi connectivity index (χ0v) is 12.2. The van der Waals surface area contributed by atoms with Crippen molar-refractivity contribution >= 4 is 23.3 Å². The molecule has 6 heteroatoms. The number of anilines is 1. The molecule has 1 aromatic heterocycles. The minimum atomic E-state index is -0.253. The maximum Gasteiger partial charge on any atom is 0.253 e. The van der Waals surface area contributed by atoms with Crippen LogP contribution < -0.4 is 11.1 Å². The Kier molecular flexibility index (Phi) is 5.61. The monoisotopic (exact) mass is 297 g/mol. The number of pyridine rings is 1. The van der Waals surface area contributed by atoms with Crippen molar-refractivity contribution in [3.05, 3.63) is 22.8 Å². The molecule has 0 unspecified atom stereocenters. The molecule has 1 aromatic rings. The lowest BCUT2D eigenvalue weighted by molar-refractivity contribution is 0.0299. The molecule has 0 spiro atoms. The number of carbonyl (C=O) groups excluding carboxylic acids is 1. The molecule has 1 aliphatic rings. The van der Waals surface area contributed by atoms with Gasteiger partial charge in [-0.1, -0.05) is 30.9 Å². The molecule has 0 atom stereocenters. The molecule has 1 fully saturated rings. The van der Waals surface area contributed by atoms with Gasteiger partial charge in [-0.05, 0) is 18.9 Å². The number of nitrogens with one attached hydrogen (secondary N) is 1. The zero-order chi connectivity index (χ0) is 14.4. The lowest BCUT2D eigenvalue weighted by atomic mass is 9.98. The van der Waals surface area contributed by atoms with Crippen LogP contribution in [0.15, 0.2) is 12.3 Å². The van der Waals surface area contributed by atoms with E-state index in [1.165, 1.54) is 31.5 Å². The normalized spacial score (nSPS) is 16.1. The average molecular weight is 298 g/mol. The number of hydrogen-bond acceptors (Lipinski definition) is 4. The van der Waals surface area contributed by atoms with Crippen LogP contribution >= 0.6 is 11.6 Å². The molecule has 0 saturated heterocycles. The smallest absolute Gasteiger partial charge is 0.253 e. The van der Waals surface area contributed by atoms with Crippen molar-refractivity contribution in [2.75, 3.05) is 18.9 Å². The van der Waals surface area contributed by atoms with Gasteiger partial charge in [0.15, 0.2) is 0 Å². The summed E-state index contributed by atoms with van der Waals surface area (Å²) in [4.78, 5) is 15.8. The third kappa shape index (κ3) is 4.35. The SMILES string of the molecule is Nc1cc(C(=O)NCCOC2CCCCC2)c(Cl)cn1. The van der Waals surface area contributed by atoms with Gasteiger partial charge in [0.1, 0.15) is 5.82 Å². The van der Waals surface area contributed by atoms with Gasteiger partial charge in [-0.2, -0.15) is 0 Å². The Morgan fingerprint density at radius 2 is 2.20 bits per heavy atom. The van der Waals surface area contributed by atoms with E-state index in [1.54, 1.807) is 0 Å². The van der Waals surface area contributed by atoms with Gasteiger partial charge >= 0.3 is 0 Å². The number of aromatic nitrogens is 1. The number of halogens is 1. The Balaban J connectivity index is 1.73. The highest BCUT2D eigenvalue weighted by Gasteiger charge is 2.14. The van der Waals surface area contributed by atoms with E-state index in [1.807, 2.05) is 0 Å². The van der Waals surface area contributed by atoms with E-state index in [9.17, 15) is 4.79 Å². The van der Waals surface area contributed by atoms with Crippen LogP contribution in [0.25, 0.3) is 0 Å². The summed E-state index contributed by atoms with van der Waals surface area (Å²) < 4.78 is 5.74. The molecule has 0 bridgehead atoms. The van der Waals surface area contributed by atoms with Crippen LogP contribution in [0.4, 0.5) is 5.82 Å². The second-order valence-electron chi connectivity index (χ2n) is 4.98. The summed E-state index contributed by atoms with van der Waals surface area (Å²) in [6.45, 7) is 0.989. The van der Waals surface area contributed by atoms with E-state index < -0.39 is 0 Å². The Labute approximate surface area is 123 Å². The van der Waals surface area contributed by atoms with Gasteiger partial charge in [0.05, 0.1) is 23.3 Å². The topological polar surface area (TPSA) is 77.2 Å². The molecule has 20 heavy (non-hydrogen) atoms. The number of hydrogen-bond donors (Lipinski definition) is 2. The molecule has 1 aliphatic carbocycles. The number of nitrogens with zero attached hydrogens (tertiary/aromatic N) is 1. The van der Waals surface area contributed by atoms with Crippen LogP contribution in [-0.4, -0.2) is 30.1 Å². The summed E-state index contributed by atoms with van der Waals surface area (Å²) in [5, 5.41) is 3.07. The molecule has 1 heterocycles. The zero-order valence-electron chi connectivity index (χ0n) is 11.4. The summed E-state index contributed by atoms with van der Waals surface area (Å²) in [7, 11) is 0. The molecule has 1 amide bonds. The minimum absolute atomic E-state index is 0.253. The van der Waals surface area contributed by atoms with E-state index in [4.69, 9.17) is 22.1 Å². The predicted molar refractivity (Wildman–Crippen MR) is 78.8 cm³/mol. The summed E-state index contributed by atoms with van der Waals surface area (Å²) in [5.74, 6) is 0.0225. The molecule has 0 aliphatic heterocycles. The van der Waals surface area contributed by atoms with Crippen molar-refractivity contribution in [1.82, 2.24) is 10.3 Å². The maximum atomic E-state index is 11.9. The van der Waals surface area contributed by atoms with Crippen molar-refractivity contribution in [1.29, 1.82) is 0 Å². The highest BCUT2D eigenvalue weighted by Crippen LogP contribution is 2.20. The van der Waals surface area contributed by atoms with Gasteiger partial charge in [-0.15, -0.1) is 0 Å². The second-order valence-corrected chi connectivity index (χ2v) is 5.38. The van der Waals surface area contributed by atoms with E-state index in [2.05, 4.69) is 10.3 Å². The van der Waals surface area contributed by atoms with Crippen molar-refractivity contribution in [3.8, 4) is 0 Å². The third-order valence-electron chi connectivity index (χ3n) is 3.41. The fourth-order valence-electron chi connectivity index (χ4n) is 2.35. The van der Waals surface area contributed by atoms with Crippen LogP contribution in [0.5, 0.6) is 0 Å². The van der Waals surface area contributed by atoms with Gasteiger partial charge in [0.25, 0.3) is 5.91 Å². The van der Waals surface area contributed by atoms with Crippen molar-refractivity contribution < 1.29 is 9.53 Å². The first-order chi connectivity index (χ1) is 9.66. The number of carbonyl (C=O) groups is 1. The van der Waals surface area contributed by atoms with E-state index >= 15 is 0 Å². The van der Waals surface area contributed by atoms with Crippen LogP contribution in [0, 0.1) is 0 Å². The highest BCUT2D eigenvalue weighted by atomic mass is 35.5. The lowest BCUT2D eigenvalue weighted by Gasteiger charge is -2.22. The van der Waals surface area contributed by atoms with Crippen molar-refractivity contribution in [3.63, 3.8) is 0 Å². The number of nitrogens with two attached hydrogens (primary N) is 1. The highest BCUT2D eigenvalue weighted by molar-refractivity contribution is 6.33. The first-order valence-electron chi connectivity index (χ1n) is 6.97. The fraction of sp³-hybridized carbons (Fsp3) is 0.571. The molecule has 0 aromatic carbocycles. The number of nitrogen functional groups attached to an aromatic ring is 1. The largest absolute Gasteiger partial charge is 0.384 e. The molecule has 1 saturated carbocycles. The van der Waals surface area contributed by atoms with E-state index in [-0.39, 0.29) is 11.7 Å². The predicted octanol–water partition coefficient (Wildman–Crippen LogP) is 2.40. The van der Waals surface area contributed by atoms with Crippen LogP contribution in [-0.2, 0) is 4.74 Å². The number of ether oxygens (including phenoxy) is 1. The van der Waals surface area contributed by atoms with Crippen molar-refractivity contribution in [2.45, 2.75) is 38.2 Å². The molecular formula is C14H20ClN3O2. The first-order valence-corrected chi connectivity index (χ1v) is 7.35. The Bertz CT molecular complexity index is 462. The summed E-state index contributed by atoms with van der Waals surface area (Å²) in [6, 6.07) is 1.47. The van der Waals surface area contributed by atoms with E-state index in [0.717, 1.165) is 12.8 Å². The third-order valence-corrected chi connectivity index (χ3v) is 3.72. The average Bonchev–Trinajstić information content (AvgIpc) is 2.47. The van der Waals surface area contributed by atoms with Gasteiger partial charge in [0.2, 0.25) is 0 Å². The van der Waals surface area contributed by atoms with Crippen LogP contribution in [0.1, 0.15) is 42.5 Å². The first kappa shape index (κ1) is 15.1. The minimum Gasteiger partial charge on any atom is -0.384 e. The lowest BCUT2D eigenvalue weighted by Crippen LogP contribution is -2.29. The Morgan fingerprint density at radius 1 is 1.45 bits per heavy atom. The summed E-state index contributed by atoms with van der Waals surface area (Å²) >= 11 is 5.92. The summed E-state index contributed by atoms with van der Waals surface area (Å²) in [6.07, 6.45) is 7.76. The second kappa shape index (κ2) is 7.45. The standard InChI is InChI=1S/C14H20ClN3O2/c15-12-9-18-13(16)8-11(12)14(19)17-6-7-20-10-4-2-1-3-5-10/h8-10H,1-7H2,(H2,16,18)(H,17,19). The number of amides is 1. The Morgan fingerprint density at radius 3 is 2.95 bits per heavy atom. The van der Waals surface area contributed by atoms with Crippen molar-refractivity contribution in [2.24, 2.45) is 0 Å². The molecule has 0 radical (unpaired) electrons.